The molecule has 0 radical (unpaired) electrons. The van der Waals surface area contributed by atoms with Gasteiger partial charge in [0.25, 0.3) is 0 Å². The fourth-order valence-electron chi connectivity index (χ4n) is 1.86. The van der Waals surface area contributed by atoms with Gasteiger partial charge in [-0.15, -0.1) is 0 Å². The molecule has 0 saturated carbocycles. The highest BCUT2D eigenvalue weighted by Gasteiger charge is 2.13. The molecule has 0 fully saturated rings. The van der Waals surface area contributed by atoms with Crippen LogP contribution in [0.15, 0.2) is 24.3 Å². The van der Waals surface area contributed by atoms with Crippen LogP contribution in [0, 0.1) is 25.2 Å². The Bertz CT molecular complexity index is 609. The van der Waals surface area contributed by atoms with Crippen LogP contribution in [0.1, 0.15) is 17.0 Å². The normalized spacial score (nSPS) is 10.2. The Balaban J connectivity index is 2.25. The maximum Gasteiger partial charge on any atom is 0.171 e. The van der Waals surface area contributed by atoms with Gasteiger partial charge in [0.15, 0.2) is 5.75 Å². The number of aliphatic hydroxyl groups is 1. The van der Waals surface area contributed by atoms with Gasteiger partial charge in [-0.3, -0.25) is 4.68 Å². The minimum absolute atomic E-state index is 0.0399. The lowest BCUT2D eigenvalue weighted by molar-refractivity contribution is 0.267. The first kappa shape index (κ1) is 13.1. The summed E-state index contributed by atoms with van der Waals surface area (Å²) in [6, 6.07) is 8.98. The zero-order valence-electron chi connectivity index (χ0n) is 10.9. The molecular weight excluding hydrogens is 242 g/mol. The van der Waals surface area contributed by atoms with E-state index in [4.69, 9.17) is 15.1 Å². The summed E-state index contributed by atoms with van der Waals surface area (Å²) in [6.45, 7) is 4.25. The molecule has 1 N–H and O–H groups in total. The van der Waals surface area contributed by atoms with Crippen LogP contribution in [-0.2, 0) is 6.54 Å². The molecule has 5 nitrogen and oxygen atoms in total. The van der Waals surface area contributed by atoms with E-state index in [9.17, 15) is 0 Å². The predicted octanol–water partition coefficient (Wildman–Crippen LogP) is 2.16. The van der Waals surface area contributed by atoms with Crippen molar-refractivity contribution < 1.29 is 9.84 Å². The second kappa shape index (κ2) is 5.55. The summed E-state index contributed by atoms with van der Waals surface area (Å²) in [5.74, 6) is 1.35. The van der Waals surface area contributed by atoms with Gasteiger partial charge in [-0.2, -0.15) is 10.4 Å². The van der Waals surface area contributed by atoms with Crippen LogP contribution in [0.2, 0.25) is 0 Å². The third-order valence-electron chi connectivity index (χ3n) is 2.83. The van der Waals surface area contributed by atoms with Crippen molar-refractivity contribution in [2.75, 3.05) is 6.61 Å². The molecule has 2 aromatic rings. The molecule has 0 aliphatic rings. The molecule has 0 unspecified atom stereocenters. The lowest BCUT2D eigenvalue weighted by Crippen LogP contribution is -2.05. The van der Waals surface area contributed by atoms with E-state index in [0.717, 1.165) is 11.4 Å². The van der Waals surface area contributed by atoms with Crippen molar-refractivity contribution in [3.63, 3.8) is 0 Å². The molecule has 0 aliphatic heterocycles. The third kappa shape index (κ3) is 2.75. The van der Waals surface area contributed by atoms with E-state index in [1.165, 1.54) is 0 Å². The highest BCUT2D eigenvalue weighted by atomic mass is 16.5. The number of rotatable bonds is 4. The number of aryl methyl sites for hydroxylation is 1. The number of nitrogens with zero attached hydrogens (tertiary/aromatic N) is 3. The van der Waals surface area contributed by atoms with E-state index in [2.05, 4.69) is 11.2 Å². The van der Waals surface area contributed by atoms with E-state index < -0.39 is 0 Å². The summed E-state index contributed by atoms with van der Waals surface area (Å²) >= 11 is 0. The minimum atomic E-state index is 0.0399. The third-order valence-corrected chi connectivity index (χ3v) is 2.83. The van der Waals surface area contributed by atoms with Gasteiger partial charge in [-0.25, -0.2) is 0 Å². The average Bonchev–Trinajstić information content (AvgIpc) is 2.68. The minimum Gasteiger partial charge on any atom is -0.453 e. The molecule has 0 atom stereocenters. The largest absolute Gasteiger partial charge is 0.453 e. The first-order chi connectivity index (χ1) is 9.15. The molecule has 0 bridgehead atoms. The molecule has 98 valence electrons. The lowest BCUT2D eigenvalue weighted by atomic mass is 10.2. The molecule has 1 heterocycles. The van der Waals surface area contributed by atoms with Crippen LogP contribution in [0.5, 0.6) is 11.5 Å². The SMILES string of the molecule is Cc1nn(CCO)c(C)c1Oc1ccc(C#N)cc1. The molecule has 19 heavy (non-hydrogen) atoms. The molecule has 1 aromatic heterocycles. The number of benzene rings is 1. The topological polar surface area (TPSA) is 71.1 Å². The summed E-state index contributed by atoms with van der Waals surface area (Å²) < 4.78 is 7.51. The van der Waals surface area contributed by atoms with E-state index >= 15 is 0 Å². The first-order valence-electron chi connectivity index (χ1n) is 5.98. The van der Waals surface area contributed by atoms with Crippen LogP contribution in [0.25, 0.3) is 0 Å². The number of hydrogen-bond acceptors (Lipinski definition) is 4. The highest BCUT2D eigenvalue weighted by Crippen LogP contribution is 2.28. The fraction of sp³-hybridized carbons (Fsp3) is 0.286. The second-order valence-electron chi connectivity index (χ2n) is 4.18. The van der Waals surface area contributed by atoms with Crippen LogP contribution < -0.4 is 4.74 Å². The quantitative estimate of drug-likeness (QED) is 0.911. The van der Waals surface area contributed by atoms with Crippen LogP contribution >= 0.6 is 0 Å². The zero-order valence-corrected chi connectivity index (χ0v) is 10.9. The number of aliphatic hydroxyl groups excluding tert-OH is 1. The van der Waals surface area contributed by atoms with Gasteiger partial charge in [-0.05, 0) is 38.1 Å². The molecule has 0 amide bonds. The zero-order chi connectivity index (χ0) is 13.8. The van der Waals surface area contributed by atoms with Crippen molar-refractivity contribution in [3.8, 4) is 17.6 Å². The van der Waals surface area contributed by atoms with Gasteiger partial charge in [0.1, 0.15) is 11.4 Å². The van der Waals surface area contributed by atoms with Gasteiger partial charge in [-0.1, -0.05) is 0 Å². The summed E-state index contributed by atoms with van der Waals surface area (Å²) in [7, 11) is 0. The summed E-state index contributed by atoms with van der Waals surface area (Å²) in [5, 5.41) is 22.0. The van der Waals surface area contributed by atoms with Crippen molar-refractivity contribution in [3.05, 3.63) is 41.2 Å². The molecule has 1 aromatic carbocycles. The second-order valence-corrected chi connectivity index (χ2v) is 4.18. The monoisotopic (exact) mass is 257 g/mol. The Kier molecular flexibility index (Phi) is 3.83. The maximum atomic E-state index is 8.96. The van der Waals surface area contributed by atoms with Crippen LogP contribution in [-0.4, -0.2) is 21.5 Å². The number of ether oxygens (including phenoxy) is 1. The van der Waals surface area contributed by atoms with Crippen LogP contribution in [0.3, 0.4) is 0 Å². The summed E-state index contributed by atoms with van der Waals surface area (Å²) in [4.78, 5) is 0. The summed E-state index contributed by atoms with van der Waals surface area (Å²) in [5.41, 5.74) is 2.24. The van der Waals surface area contributed by atoms with E-state index in [0.29, 0.717) is 23.6 Å². The average molecular weight is 257 g/mol. The van der Waals surface area contributed by atoms with Crippen molar-refractivity contribution in [1.82, 2.24) is 9.78 Å². The summed E-state index contributed by atoms with van der Waals surface area (Å²) in [6.07, 6.45) is 0. The Morgan fingerprint density at radius 1 is 1.32 bits per heavy atom. The molecule has 0 spiro atoms. The molecule has 0 saturated heterocycles. The Hall–Kier alpha value is -2.32. The smallest absolute Gasteiger partial charge is 0.171 e. The standard InChI is InChI=1S/C14H15N3O2/c1-10-14(11(2)17(16-10)7-8-18)19-13-5-3-12(9-15)4-6-13/h3-6,18H,7-8H2,1-2H3. The van der Waals surface area contributed by atoms with Crippen molar-refractivity contribution in [2.24, 2.45) is 0 Å². The van der Waals surface area contributed by atoms with E-state index in [1.807, 2.05) is 13.8 Å². The van der Waals surface area contributed by atoms with E-state index in [-0.39, 0.29) is 6.61 Å². The molecule has 5 heteroatoms. The fourth-order valence-corrected chi connectivity index (χ4v) is 1.86. The number of aromatic nitrogens is 2. The van der Waals surface area contributed by atoms with Crippen molar-refractivity contribution >= 4 is 0 Å². The van der Waals surface area contributed by atoms with Gasteiger partial charge in [0.2, 0.25) is 0 Å². The number of nitriles is 1. The van der Waals surface area contributed by atoms with Gasteiger partial charge in [0.05, 0.1) is 30.5 Å². The van der Waals surface area contributed by atoms with Crippen molar-refractivity contribution in [1.29, 1.82) is 5.26 Å². The maximum absolute atomic E-state index is 8.96. The lowest BCUT2D eigenvalue weighted by Gasteiger charge is -2.06. The van der Waals surface area contributed by atoms with Gasteiger partial charge in [0, 0.05) is 0 Å². The molecule has 2 rings (SSSR count). The van der Waals surface area contributed by atoms with Crippen LogP contribution in [0.4, 0.5) is 0 Å². The predicted molar refractivity (Wildman–Crippen MR) is 70.0 cm³/mol. The highest BCUT2D eigenvalue weighted by molar-refractivity contribution is 5.40. The Morgan fingerprint density at radius 2 is 2.00 bits per heavy atom. The Morgan fingerprint density at radius 3 is 2.58 bits per heavy atom. The first-order valence-corrected chi connectivity index (χ1v) is 5.98. The van der Waals surface area contributed by atoms with Gasteiger partial charge < -0.3 is 9.84 Å². The number of hydrogen-bond donors (Lipinski definition) is 1. The molecule has 0 aliphatic carbocycles. The Labute approximate surface area is 111 Å². The van der Waals surface area contributed by atoms with E-state index in [1.54, 1.807) is 28.9 Å². The van der Waals surface area contributed by atoms with Crippen molar-refractivity contribution in [2.45, 2.75) is 20.4 Å². The van der Waals surface area contributed by atoms with Gasteiger partial charge >= 0.3 is 0 Å². The molecular formula is C14H15N3O2.